The summed E-state index contributed by atoms with van der Waals surface area (Å²) < 4.78 is 2.06. The number of rotatable bonds is 6. The summed E-state index contributed by atoms with van der Waals surface area (Å²) in [5.41, 5.74) is 5.26. The van der Waals surface area contributed by atoms with Crippen molar-refractivity contribution in [1.82, 2.24) is 4.57 Å². The van der Waals surface area contributed by atoms with Gasteiger partial charge in [-0.2, -0.15) is 5.10 Å². The standard InChI is InChI=1S/C18H17ClN4O2/c1-2-10-22-17-9-4-3-8-15(17)16(18(22)19)12-20-21-13-6-5-7-14(11-13)23(24)25/h3-9,11-12,21H,2,10H2,1H3. The molecular weight excluding hydrogens is 340 g/mol. The summed E-state index contributed by atoms with van der Waals surface area (Å²) in [6, 6.07) is 14.2. The molecule has 0 saturated heterocycles. The van der Waals surface area contributed by atoms with E-state index >= 15 is 0 Å². The van der Waals surface area contributed by atoms with Crippen LogP contribution in [0.15, 0.2) is 53.6 Å². The maximum Gasteiger partial charge on any atom is 0.271 e. The number of nitro benzene ring substituents is 1. The van der Waals surface area contributed by atoms with Gasteiger partial charge in [0.2, 0.25) is 0 Å². The highest BCUT2D eigenvalue weighted by atomic mass is 35.5. The van der Waals surface area contributed by atoms with Crippen LogP contribution in [-0.2, 0) is 6.54 Å². The van der Waals surface area contributed by atoms with Gasteiger partial charge in [0.25, 0.3) is 5.69 Å². The van der Waals surface area contributed by atoms with Gasteiger partial charge in [-0.25, -0.2) is 0 Å². The first-order chi connectivity index (χ1) is 12.1. The van der Waals surface area contributed by atoms with Crippen molar-refractivity contribution >= 4 is 40.1 Å². The molecule has 7 heteroatoms. The zero-order valence-corrected chi connectivity index (χ0v) is 14.4. The molecule has 0 unspecified atom stereocenters. The molecule has 0 aliphatic rings. The molecule has 2 aromatic carbocycles. The number of nitro groups is 1. The Kier molecular flexibility index (Phi) is 5.00. The third-order valence-electron chi connectivity index (χ3n) is 3.84. The molecule has 0 atom stereocenters. The first-order valence-corrected chi connectivity index (χ1v) is 8.30. The summed E-state index contributed by atoms with van der Waals surface area (Å²) in [6.07, 6.45) is 2.62. The number of nitrogens with one attached hydrogen (secondary N) is 1. The fourth-order valence-corrected chi connectivity index (χ4v) is 3.05. The summed E-state index contributed by atoms with van der Waals surface area (Å²) in [5, 5.41) is 16.7. The average Bonchev–Trinajstić information content (AvgIpc) is 2.88. The summed E-state index contributed by atoms with van der Waals surface area (Å²) in [5.74, 6) is 0. The highest BCUT2D eigenvalue weighted by Gasteiger charge is 2.13. The van der Waals surface area contributed by atoms with Crippen molar-refractivity contribution < 1.29 is 4.92 Å². The van der Waals surface area contributed by atoms with E-state index in [4.69, 9.17) is 11.6 Å². The van der Waals surface area contributed by atoms with Gasteiger partial charge in [-0.3, -0.25) is 15.5 Å². The Balaban J connectivity index is 1.90. The largest absolute Gasteiger partial charge is 0.331 e. The van der Waals surface area contributed by atoms with Gasteiger partial charge in [0.15, 0.2) is 0 Å². The van der Waals surface area contributed by atoms with Gasteiger partial charge in [0.1, 0.15) is 5.15 Å². The number of fused-ring (bicyclic) bond motifs is 1. The Bertz CT molecular complexity index is 949. The van der Waals surface area contributed by atoms with Crippen molar-refractivity contribution in [3.05, 3.63) is 69.4 Å². The molecule has 0 amide bonds. The Hall–Kier alpha value is -2.86. The molecule has 0 fully saturated rings. The zero-order chi connectivity index (χ0) is 17.8. The number of aryl methyl sites for hydroxylation is 1. The van der Waals surface area contributed by atoms with E-state index in [-0.39, 0.29) is 5.69 Å². The van der Waals surface area contributed by atoms with Gasteiger partial charge in [0, 0.05) is 35.1 Å². The minimum Gasteiger partial charge on any atom is -0.331 e. The Labute approximate surface area is 149 Å². The molecule has 128 valence electrons. The minimum atomic E-state index is -0.440. The summed E-state index contributed by atoms with van der Waals surface area (Å²) in [7, 11) is 0. The Morgan fingerprint density at radius 3 is 2.84 bits per heavy atom. The second-order valence-electron chi connectivity index (χ2n) is 5.55. The lowest BCUT2D eigenvalue weighted by Gasteiger charge is -2.04. The van der Waals surface area contributed by atoms with Crippen LogP contribution in [0.5, 0.6) is 0 Å². The lowest BCUT2D eigenvalue weighted by Crippen LogP contribution is -1.97. The monoisotopic (exact) mass is 356 g/mol. The third-order valence-corrected chi connectivity index (χ3v) is 4.24. The molecule has 3 aromatic rings. The van der Waals surface area contributed by atoms with Gasteiger partial charge in [-0.05, 0) is 18.6 Å². The van der Waals surface area contributed by atoms with Gasteiger partial charge in [-0.1, -0.05) is 42.8 Å². The van der Waals surface area contributed by atoms with E-state index in [0.29, 0.717) is 10.8 Å². The molecule has 6 nitrogen and oxygen atoms in total. The van der Waals surface area contributed by atoms with E-state index in [0.717, 1.165) is 29.4 Å². The lowest BCUT2D eigenvalue weighted by atomic mass is 10.2. The van der Waals surface area contributed by atoms with Crippen LogP contribution in [0.4, 0.5) is 11.4 Å². The molecule has 0 radical (unpaired) electrons. The van der Waals surface area contributed by atoms with Crippen molar-refractivity contribution in [2.45, 2.75) is 19.9 Å². The molecule has 1 aromatic heterocycles. The number of benzene rings is 2. The SMILES string of the molecule is CCCn1c(Cl)c(C=NNc2cccc([N+](=O)[O-])c2)c2ccccc21. The fraction of sp³-hybridized carbons (Fsp3) is 0.167. The number of hydrogen-bond donors (Lipinski definition) is 1. The van der Waals surface area contributed by atoms with Gasteiger partial charge < -0.3 is 4.57 Å². The predicted molar refractivity (Wildman–Crippen MR) is 102 cm³/mol. The summed E-state index contributed by atoms with van der Waals surface area (Å²) in [4.78, 5) is 10.4. The van der Waals surface area contributed by atoms with E-state index in [1.165, 1.54) is 12.1 Å². The van der Waals surface area contributed by atoms with Crippen LogP contribution in [0.1, 0.15) is 18.9 Å². The number of aromatic nitrogens is 1. The van der Waals surface area contributed by atoms with Gasteiger partial charge in [0.05, 0.1) is 16.8 Å². The molecule has 1 N–H and O–H groups in total. The molecule has 0 spiro atoms. The summed E-state index contributed by atoms with van der Waals surface area (Å²) >= 11 is 6.53. The van der Waals surface area contributed by atoms with Crippen molar-refractivity contribution in [2.24, 2.45) is 5.10 Å². The van der Waals surface area contributed by atoms with Crippen molar-refractivity contribution in [3.63, 3.8) is 0 Å². The van der Waals surface area contributed by atoms with Crippen LogP contribution >= 0.6 is 11.6 Å². The quantitative estimate of drug-likeness (QED) is 0.381. The van der Waals surface area contributed by atoms with Gasteiger partial charge >= 0.3 is 0 Å². The zero-order valence-electron chi connectivity index (χ0n) is 13.6. The number of anilines is 1. The molecule has 1 heterocycles. The first kappa shape index (κ1) is 17.0. The first-order valence-electron chi connectivity index (χ1n) is 7.92. The predicted octanol–water partition coefficient (Wildman–Crippen LogP) is 5.06. The number of non-ortho nitro benzene ring substituents is 1. The summed E-state index contributed by atoms with van der Waals surface area (Å²) in [6.45, 7) is 2.92. The normalized spacial score (nSPS) is 11.3. The van der Waals surface area contributed by atoms with E-state index < -0.39 is 4.92 Å². The van der Waals surface area contributed by atoms with E-state index in [1.807, 2.05) is 24.3 Å². The van der Waals surface area contributed by atoms with Crippen LogP contribution in [0.2, 0.25) is 5.15 Å². The average molecular weight is 357 g/mol. The van der Waals surface area contributed by atoms with E-state index in [2.05, 4.69) is 22.0 Å². The van der Waals surface area contributed by atoms with Crippen LogP contribution in [-0.4, -0.2) is 15.7 Å². The molecule has 0 saturated carbocycles. The Morgan fingerprint density at radius 2 is 2.08 bits per heavy atom. The van der Waals surface area contributed by atoms with Crippen LogP contribution < -0.4 is 5.43 Å². The number of halogens is 1. The second kappa shape index (κ2) is 7.36. The maximum absolute atomic E-state index is 10.8. The van der Waals surface area contributed by atoms with E-state index in [1.54, 1.807) is 18.3 Å². The van der Waals surface area contributed by atoms with Crippen LogP contribution in [0.25, 0.3) is 10.9 Å². The number of hydrogen-bond acceptors (Lipinski definition) is 4. The topological polar surface area (TPSA) is 72.5 Å². The van der Waals surface area contributed by atoms with Crippen molar-refractivity contribution in [3.8, 4) is 0 Å². The fourth-order valence-electron chi connectivity index (χ4n) is 2.72. The number of hydrazone groups is 1. The van der Waals surface area contributed by atoms with Crippen LogP contribution in [0, 0.1) is 10.1 Å². The van der Waals surface area contributed by atoms with E-state index in [9.17, 15) is 10.1 Å². The molecular formula is C18H17ClN4O2. The third kappa shape index (κ3) is 3.49. The molecule has 0 aliphatic heterocycles. The maximum atomic E-state index is 10.8. The smallest absolute Gasteiger partial charge is 0.271 e. The minimum absolute atomic E-state index is 0.0118. The Morgan fingerprint density at radius 1 is 1.28 bits per heavy atom. The lowest BCUT2D eigenvalue weighted by molar-refractivity contribution is -0.384. The molecule has 25 heavy (non-hydrogen) atoms. The highest BCUT2D eigenvalue weighted by molar-refractivity contribution is 6.34. The number of nitrogens with zero attached hydrogens (tertiary/aromatic N) is 3. The van der Waals surface area contributed by atoms with Crippen molar-refractivity contribution in [1.29, 1.82) is 0 Å². The van der Waals surface area contributed by atoms with Crippen LogP contribution in [0.3, 0.4) is 0 Å². The molecule has 0 aliphatic carbocycles. The second-order valence-corrected chi connectivity index (χ2v) is 5.91. The van der Waals surface area contributed by atoms with Gasteiger partial charge in [-0.15, -0.1) is 0 Å². The molecule has 3 rings (SSSR count). The van der Waals surface area contributed by atoms with Crippen molar-refractivity contribution in [2.75, 3.05) is 5.43 Å². The number of para-hydroxylation sites is 1. The molecule has 0 bridgehead atoms. The highest BCUT2D eigenvalue weighted by Crippen LogP contribution is 2.29.